The smallest absolute Gasteiger partial charge is 0.256 e. The Bertz CT molecular complexity index is 6030. The number of aromatic nitrogens is 5. The molecule has 18 aromatic rings. The number of hydrogen-bond acceptors (Lipinski definition) is 1. The Kier molecular flexibility index (Phi) is 9.72. The van der Waals surface area contributed by atoms with Crippen molar-refractivity contribution in [1.82, 2.24) is 22.8 Å². The van der Waals surface area contributed by atoms with Gasteiger partial charge in [-0.3, -0.25) is 0 Å². The van der Waals surface area contributed by atoms with Gasteiger partial charge in [0.15, 0.2) is 0 Å². The van der Waals surface area contributed by atoms with Crippen LogP contribution in [0.25, 0.3) is 149 Å². The zero-order valence-corrected chi connectivity index (χ0v) is 49.2. The average molecular weight is 1140 g/mol. The van der Waals surface area contributed by atoms with Gasteiger partial charge in [-0.1, -0.05) is 172 Å². The maximum Gasteiger partial charge on any atom is 0.256 e. The third-order valence-corrected chi connectivity index (χ3v) is 19.8. The summed E-state index contributed by atoms with van der Waals surface area (Å²) in [5.41, 5.74) is 24.5. The average Bonchev–Trinajstić information content (AvgIpc) is 1.66. The molecule has 0 bridgehead atoms. The van der Waals surface area contributed by atoms with Gasteiger partial charge in [0.1, 0.15) is 11.5 Å². The molecule has 0 amide bonds. The Morgan fingerprint density at radius 3 is 1.15 bits per heavy atom. The van der Waals surface area contributed by atoms with Crippen LogP contribution in [0.3, 0.4) is 0 Å². The largest absolute Gasteiger partial charge is 0.458 e. The third-order valence-electron chi connectivity index (χ3n) is 19.8. The fourth-order valence-corrected chi connectivity index (χ4v) is 15.9. The lowest BCUT2D eigenvalue weighted by Crippen LogP contribution is -2.58. The summed E-state index contributed by atoms with van der Waals surface area (Å²) in [6, 6.07) is 102. The van der Waals surface area contributed by atoms with Crippen molar-refractivity contribution >= 4 is 132 Å². The van der Waals surface area contributed by atoms with E-state index < -0.39 is 0 Å². The van der Waals surface area contributed by atoms with Gasteiger partial charge in [-0.15, -0.1) is 0 Å². The van der Waals surface area contributed by atoms with Crippen LogP contribution in [-0.4, -0.2) is 29.5 Å². The van der Waals surface area contributed by atoms with E-state index in [2.05, 4.69) is 317 Å². The molecule has 13 aromatic carbocycles. The third kappa shape index (κ3) is 6.71. The first-order valence-electron chi connectivity index (χ1n) is 31.0. The lowest BCUT2D eigenvalue weighted by molar-refractivity contribution is 0.483. The molecule has 89 heavy (non-hydrogen) atoms. The second-order valence-electron chi connectivity index (χ2n) is 25.6. The second kappa shape index (κ2) is 17.7. The van der Waals surface area contributed by atoms with Gasteiger partial charge in [-0.2, -0.15) is 0 Å². The van der Waals surface area contributed by atoms with Crippen LogP contribution in [-0.2, 0) is 5.41 Å². The molecule has 0 atom stereocenters. The van der Waals surface area contributed by atoms with Gasteiger partial charge in [0, 0.05) is 87.8 Å². The number of nitrogens with zero attached hydrogens (tertiary/aromatic N) is 5. The van der Waals surface area contributed by atoms with Crippen LogP contribution in [0.4, 0.5) is 0 Å². The first kappa shape index (κ1) is 48.9. The quantitative estimate of drug-likeness (QED) is 0.158. The monoisotopic (exact) mass is 1140 g/mol. The lowest BCUT2D eigenvalue weighted by atomic mass is 9.34. The molecule has 5 aromatic heterocycles. The summed E-state index contributed by atoms with van der Waals surface area (Å²) in [5, 5.41) is 12.2. The van der Waals surface area contributed by atoms with Gasteiger partial charge in [-0.25, -0.2) is 0 Å². The summed E-state index contributed by atoms with van der Waals surface area (Å²) in [5.74, 6) is 1.81. The Balaban J connectivity index is 0.871. The van der Waals surface area contributed by atoms with Crippen LogP contribution < -0.4 is 21.1 Å². The van der Waals surface area contributed by atoms with Gasteiger partial charge in [0.05, 0.1) is 49.7 Å². The van der Waals surface area contributed by atoms with E-state index in [0.717, 1.165) is 78.6 Å². The molecule has 0 saturated carbocycles. The molecule has 2 aliphatic rings. The predicted molar refractivity (Wildman–Crippen MR) is 373 cm³/mol. The van der Waals surface area contributed by atoms with E-state index in [1.807, 2.05) is 0 Å². The Morgan fingerprint density at radius 1 is 0.281 bits per heavy atom. The predicted octanol–water partition coefficient (Wildman–Crippen LogP) is 19.1. The van der Waals surface area contributed by atoms with Crippen molar-refractivity contribution in [3.05, 3.63) is 279 Å². The summed E-state index contributed by atoms with van der Waals surface area (Å²) in [6.07, 6.45) is 0. The van der Waals surface area contributed by atoms with Crippen molar-refractivity contribution < 1.29 is 4.74 Å². The van der Waals surface area contributed by atoms with Crippen LogP contribution in [0, 0.1) is 0 Å². The van der Waals surface area contributed by atoms with Crippen molar-refractivity contribution in [1.29, 1.82) is 0 Å². The van der Waals surface area contributed by atoms with Crippen LogP contribution >= 0.6 is 0 Å². The Labute approximate surface area is 512 Å². The van der Waals surface area contributed by atoms with Gasteiger partial charge >= 0.3 is 0 Å². The minimum atomic E-state index is -0.127. The van der Waals surface area contributed by atoms with E-state index in [4.69, 9.17) is 4.74 Å². The highest BCUT2D eigenvalue weighted by molar-refractivity contribution is 6.99. The van der Waals surface area contributed by atoms with E-state index in [-0.39, 0.29) is 12.1 Å². The molecule has 0 aliphatic carbocycles. The first-order valence-corrected chi connectivity index (χ1v) is 31.0. The molecule has 0 radical (unpaired) electrons. The number of fused-ring (bicyclic) bond motifs is 19. The van der Waals surface area contributed by atoms with Crippen molar-refractivity contribution in [2.45, 2.75) is 26.2 Å². The van der Waals surface area contributed by atoms with Crippen LogP contribution in [0.2, 0.25) is 0 Å². The number of para-hydroxylation sites is 6. The summed E-state index contributed by atoms with van der Waals surface area (Å²) in [4.78, 5) is 0. The standard InChI is InChI=1S/C82H54BN5O/c1-82(2,3)51-33-37-66-78(43-51)89-79-42-50(49-19-5-4-6-20-49)41-77-80(79)83(66)67-48-55(87-73-32-18-12-26-61(73)63-45-53(35-39-75(63)87)85-70-29-15-9-23-58(70)59-24-10-16-30-71(59)85)47-65-64-46-54(36-40-76(64)88(77)81(65)67)86-72-31-17-11-25-60(72)62-44-52(34-38-74(62)86)84-68-27-13-7-21-56(68)57-22-8-14-28-69(57)84/h4-48H,1-3H3. The summed E-state index contributed by atoms with van der Waals surface area (Å²) in [7, 11) is 0. The van der Waals surface area contributed by atoms with Crippen LogP contribution in [0.5, 0.6) is 11.5 Å². The molecule has 416 valence electrons. The zero-order valence-electron chi connectivity index (χ0n) is 49.2. The summed E-state index contributed by atoms with van der Waals surface area (Å²) >= 11 is 0. The molecule has 0 fully saturated rings. The maximum absolute atomic E-state index is 7.33. The number of rotatable bonds is 5. The molecule has 0 N–H and O–H groups in total. The summed E-state index contributed by atoms with van der Waals surface area (Å²) in [6.45, 7) is 6.74. The number of ether oxygens (including phenoxy) is 1. The molecule has 0 spiro atoms. The lowest BCUT2D eigenvalue weighted by Gasteiger charge is -2.35. The normalized spacial score (nSPS) is 13.0. The maximum atomic E-state index is 7.33. The topological polar surface area (TPSA) is 33.9 Å². The highest BCUT2D eigenvalue weighted by atomic mass is 16.5. The molecular weight excluding hydrogens is 1080 g/mol. The van der Waals surface area contributed by atoms with Crippen molar-refractivity contribution in [3.63, 3.8) is 0 Å². The molecule has 7 heteroatoms. The minimum absolute atomic E-state index is 0.0808. The number of hydrogen-bond donors (Lipinski definition) is 0. The van der Waals surface area contributed by atoms with E-state index in [9.17, 15) is 0 Å². The van der Waals surface area contributed by atoms with E-state index in [1.54, 1.807) is 0 Å². The summed E-state index contributed by atoms with van der Waals surface area (Å²) < 4.78 is 19.8. The van der Waals surface area contributed by atoms with Gasteiger partial charge in [0.25, 0.3) is 6.71 Å². The Morgan fingerprint density at radius 2 is 0.674 bits per heavy atom. The second-order valence-corrected chi connectivity index (χ2v) is 25.6. The molecule has 0 saturated heterocycles. The highest BCUT2D eigenvalue weighted by Gasteiger charge is 2.42. The van der Waals surface area contributed by atoms with Crippen LogP contribution in [0.15, 0.2) is 273 Å². The highest BCUT2D eigenvalue weighted by Crippen LogP contribution is 2.45. The van der Waals surface area contributed by atoms with Crippen LogP contribution in [0.1, 0.15) is 26.3 Å². The Hall–Kier alpha value is -11.3. The fraction of sp³-hybridized carbons (Fsp3) is 0.0488. The molecule has 0 unspecified atom stereocenters. The van der Waals surface area contributed by atoms with Crippen molar-refractivity contribution in [2.24, 2.45) is 0 Å². The molecular formula is C82H54BN5O. The fourth-order valence-electron chi connectivity index (χ4n) is 15.9. The molecule has 7 heterocycles. The number of benzene rings is 13. The molecule has 2 aliphatic heterocycles. The van der Waals surface area contributed by atoms with Crippen molar-refractivity contribution in [3.8, 4) is 51.1 Å². The molecule has 20 rings (SSSR count). The van der Waals surface area contributed by atoms with Gasteiger partial charge in [0.2, 0.25) is 0 Å². The van der Waals surface area contributed by atoms with E-state index in [1.165, 1.54) is 103 Å². The molecule has 6 nitrogen and oxygen atoms in total. The zero-order chi connectivity index (χ0) is 58.5. The van der Waals surface area contributed by atoms with Crippen molar-refractivity contribution in [2.75, 3.05) is 0 Å². The van der Waals surface area contributed by atoms with Gasteiger partial charge < -0.3 is 27.6 Å². The van der Waals surface area contributed by atoms with E-state index in [0.29, 0.717) is 0 Å². The van der Waals surface area contributed by atoms with Gasteiger partial charge in [-0.05, 0) is 160 Å². The van der Waals surface area contributed by atoms with E-state index >= 15 is 0 Å². The first-order chi connectivity index (χ1) is 43.8. The SMILES string of the molecule is CC(C)(C)c1ccc2c(c1)Oc1cc(-c3ccccc3)cc3c1B2c1cc(-n2c4ccccc4c4cc(-n5c6ccccc6c6ccccc65)ccc42)cc2c4cc(-n5c6ccccc6c6cc(-n7c8ccccc8c8ccccc87)ccc65)ccc4n-3c12. The minimum Gasteiger partial charge on any atom is -0.458 e.